The Kier molecular flexibility index (Phi) is 8.42. The van der Waals surface area contributed by atoms with Gasteiger partial charge in [-0.05, 0) is 19.9 Å². The summed E-state index contributed by atoms with van der Waals surface area (Å²) in [6, 6.07) is 1.25. The summed E-state index contributed by atoms with van der Waals surface area (Å²) in [4.78, 5) is 25.8. The number of rotatable bonds is 7. The number of hydrogen-bond donors (Lipinski definition) is 2. The Hall–Kier alpha value is -1.73. The van der Waals surface area contributed by atoms with Gasteiger partial charge in [-0.2, -0.15) is 0 Å². The molecule has 2 N–H and O–H groups in total. The topological polar surface area (TPSA) is 97.2 Å². The zero-order valence-corrected chi connectivity index (χ0v) is 12.3. The Balaban J connectivity index is 0.00000361. The molecule has 1 rings (SSSR count). The molecule has 0 fully saturated rings. The van der Waals surface area contributed by atoms with Gasteiger partial charge in [-0.15, -0.1) is 12.4 Å². The van der Waals surface area contributed by atoms with Gasteiger partial charge in [0, 0.05) is 19.2 Å². The molecule has 1 aromatic rings. The number of amides is 1. The number of aryl methyl sites for hydroxylation is 1. The van der Waals surface area contributed by atoms with Crippen molar-refractivity contribution in [1.82, 2.24) is 15.6 Å². The predicted molar refractivity (Wildman–Crippen MR) is 78.4 cm³/mol. The van der Waals surface area contributed by atoms with E-state index in [1.54, 1.807) is 6.92 Å². The van der Waals surface area contributed by atoms with Crippen LogP contribution in [-0.4, -0.2) is 35.4 Å². The van der Waals surface area contributed by atoms with E-state index in [1.165, 1.54) is 6.07 Å². The number of nitrogens with one attached hydrogen (secondary N) is 2. The van der Waals surface area contributed by atoms with Gasteiger partial charge < -0.3 is 10.6 Å². The fourth-order valence-corrected chi connectivity index (χ4v) is 1.51. The first-order valence-electron chi connectivity index (χ1n) is 6.16. The monoisotopic (exact) mass is 302 g/mol. The normalized spacial score (nSPS) is 9.70. The van der Waals surface area contributed by atoms with Crippen LogP contribution in [0.15, 0.2) is 12.3 Å². The number of hydrogen-bond acceptors (Lipinski definition) is 5. The number of aromatic nitrogens is 1. The highest BCUT2D eigenvalue weighted by Crippen LogP contribution is 2.14. The summed E-state index contributed by atoms with van der Waals surface area (Å²) < 4.78 is 0. The van der Waals surface area contributed by atoms with Crippen molar-refractivity contribution in [2.24, 2.45) is 0 Å². The third kappa shape index (κ3) is 5.50. The summed E-state index contributed by atoms with van der Waals surface area (Å²) >= 11 is 0. The van der Waals surface area contributed by atoms with Crippen molar-refractivity contribution >= 4 is 24.0 Å². The molecule has 1 amide bonds. The van der Waals surface area contributed by atoms with Gasteiger partial charge in [0.2, 0.25) is 0 Å². The average molecular weight is 303 g/mol. The lowest BCUT2D eigenvalue weighted by Gasteiger charge is -2.07. The third-order valence-corrected chi connectivity index (χ3v) is 2.54. The number of carbonyl (C=O) groups excluding carboxylic acids is 1. The molecule has 0 atom stereocenters. The first-order valence-corrected chi connectivity index (χ1v) is 6.16. The van der Waals surface area contributed by atoms with Crippen LogP contribution in [0.2, 0.25) is 0 Å². The Morgan fingerprint density at radius 1 is 1.40 bits per heavy atom. The van der Waals surface area contributed by atoms with Crippen LogP contribution in [0.4, 0.5) is 5.69 Å². The molecule has 0 radical (unpaired) electrons. The summed E-state index contributed by atoms with van der Waals surface area (Å²) in [6.45, 7) is 5.74. The zero-order valence-electron chi connectivity index (χ0n) is 11.5. The summed E-state index contributed by atoms with van der Waals surface area (Å²) in [5.41, 5.74) is 0.536. The smallest absolute Gasteiger partial charge is 0.288 e. The number of carbonyl (C=O) groups is 1. The molecule has 7 nitrogen and oxygen atoms in total. The highest BCUT2D eigenvalue weighted by molar-refractivity contribution is 5.95. The Morgan fingerprint density at radius 3 is 2.70 bits per heavy atom. The average Bonchev–Trinajstić information content (AvgIpc) is 2.38. The van der Waals surface area contributed by atoms with Gasteiger partial charge in [-0.1, -0.05) is 6.92 Å². The van der Waals surface area contributed by atoms with Crippen LogP contribution in [0, 0.1) is 17.0 Å². The first kappa shape index (κ1) is 18.3. The number of nitrogens with zero attached hydrogens (tertiary/aromatic N) is 2. The maximum absolute atomic E-state index is 11.9. The van der Waals surface area contributed by atoms with E-state index >= 15 is 0 Å². The van der Waals surface area contributed by atoms with Gasteiger partial charge in [-0.3, -0.25) is 19.9 Å². The van der Waals surface area contributed by atoms with Crippen LogP contribution >= 0.6 is 12.4 Å². The van der Waals surface area contributed by atoms with Gasteiger partial charge >= 0.3 is 0 Å². The van der Waals surface area contributed by atoms with Gasteiger partial charge in [0.25, 0.3) is 11.6 Å². The number of nitro groups is 1. The lowest BCUT2D eigenvalue weighted by atomic mass is 10.2. The second-order valence-electron chi connectivity index (χ2n) is 4.09. The van der Waals surface area contributed by atoms with Crippen molar-refractivity contribution in [3.8, 4) is 0 Å². The van der Waals surface area contributed by atoms with E-state index in [-0.39, 0.29) is 29.6 Å². The van der Waals surface area contributed by atoms with E-state index < -0.39 is 4.92 Å². The van der Waals surface area contributed by atoms with Crippen LogP contribution < -0.4 is 10.6 Å². The van der Waals surface area contributed by atoms with Crippen LogP contribution in [0.5, 0.6) is 0 Å². The minimum atomic E-state index is -0.563. The molecular formula is C12H19ClN4O3. The molecule has 0 saturated heterocycles. The molecule has 112 valence electrons. The minimum absolute atomic E-state index is 0. The Labute approximate surface area is 123 Å². The van der Waals surface area contributed by atoms with Gasteiger partial charge in [0.05, 0.1) is 16.2 Å². The molecule has 20 heavy (non-hydrogen) atoms. The standard InChI is InChI=1S/C12H18N4O3.ClH/c1-3-4-13-5-6-14-12(17)11-7-10(16(18)19)8-15-9(11)2;/h7-8,13H,3-6H2,1-2H3,(H,14,17);1H. The fourth-order valence-electron chi connectivity index (χ4n) is 1.51. The van der Waals surface area contributed by atoms with Gasteiger partial charge in [0.15, 0.2) is 0 Å². The number of halogens is 1. The molecule has 0 bridgehead atoms. The van der Waals surface area contributed by atoms with Gasteiger partial charge in [-0.25, -0.2) is 0 Å². The molecule has 1 aromatic heterocycles. The van der Waals surface area contributed by atoms with E-state index in [1.807, 2.05) is 0 Å². The zero-order chi connectivity index (χ0) is 14.3. The van der Waals surface area contributed by atoms with Crippen LogP contribution in [-0.2, 0) is 0 Å². The van der Waals surface area contributed by atoms with Crippen molar-refractivity contribution in [2.45, 2.75) is 20.3 Å². The molecule has 0 aliphatic heterocycles. The SMILES string of the molecule is CCCNCCNC(=O)c1cc([N+](=O)[O-])cnc1C.Cl. The van der Waals surface area contributed by atoms with Crippen LogP contribution in [0.1, 0.15) is 29.4 Å². The maximum Gasteiger partial charge on any atom is 0.288 e. The van der Waals surface area contributed by atoms with Crippen molar-refractivity contribution in [3.05, 3.63) is 33.6 Å². The molecule has 0 spiro atoms. The molecule has 8 heteroatoms. The quantitative estimate of drug-likeness (QED) is 0.451. The fraction of sp³-hybridized carbons (Fsp3) is 0.500. The Bertz CT molecular complexity index is 468. The maximum atomic E-state index is 11.9. The van der Waals surface area contributed by atoms with E-state index in [2.05, 4.69) is 22.5 Å². The van der Waals surface area contributed by atoms with E-state index in [0.29, 0.717) is 18.8 Å². The highest BCUT2D eigenvalue weighted by atomic mass is 35.5. The highest BCUT2D eigenvalue weighted by Gasteiger charge is 2.15. The summed E-state index contributed by atoms with van der Waals surface area (Å²) in [5.74, 6) is -0.341. The van der Waals surface area contributed by atoms with Crippen molar-refractivity contribution in [3.63, 3.8) is 0 Å². The summed E-state index contributed by atoms with van der Waals surface area (Å²) in [5, 5.41) is 16.5. The van der Waals surface area contributed by atoms with Crippen molar-refractivity contribution in [1.29, 1.82) is 0 Å². The van der Waals surface area contributed by atoms with Crippen molar-refractivity contribution < 1.29 is 9.72 Å². The third-order valence-electron chi connectivity index (χ3n) is 2.54. The molecular weight excluding hydrogens is 284 g/mol. The summed E-state index contributed by atoms with van der Waals surface area (Å²) in [6.07, 6.45) is 2.18. The molecule has 0 aromatic carbocycles. The Morgan fingerprint density at radius 2 is 2.10 bits per heavy atom. The molecule has 1 heterocycles. The van der Waals surface area contributed by atoms with Crippen LogP contribution in [0.3, 0.4) is 0 Å². The lowest BCUT2D eigenvalue weighted by Crippen LogP contribution is -2.32. The molecule has 0 unspecified atom stereocenters. The second-order valence-corrected chi connectivity index (χ2v) is 4.09. The van der Waals surface area contributed by atoms with E-state index in [4.69, 9.17) is 0 Å². The molecule has 0 aliphatic carbocycles. The van der Waals surface area contributed by atoms with Crippen LogP contribution in [0.25, 0.3) is 0 Å². The largest absolute Gasteiger partial charge is 0.351 e. The first-order chi connectivity index (χ1) is 9.06. The van der Waals surface area contributed by atoms with E-state index in [9.17, 15) is 14.9 Å². The number of pyridine rings is 1. The molecule has 0 aliphatic rings. The minimum Gasteiger partial charge on any atom is -0.351 e. The van der Waals surface area contributed by atoms with E-state index in [0.717, 1.165) is 19.2 Å². The predicted octanol–water partition coefficient (Wildman–Crippen LogP) is 1.45. The molecule has 0 saturated carbocycles. The second kappa shape index (κ2) is 9.22. The summed E-state index contributed by atoms with van der Waals surface area (Å²) in [7, 11) is 0. The van der Waals surface area contributed by atoms with Crippen molar-refractivity contribution in [2.75, 3.05) is 19.6 Å². The lowest BCUT2D eigenvalue weighted by molar-refractivity contribution is -0.385. The van der Waals surface area contributed by atoms with Gasteiger partial charge in [0.1, 0.15) is 6.20 Å².